The Bertz CT molecular complexity index is 312. The lowest BCUT2D eigenvalue weighted by Gasteiger charge is -2.32. The Morgan fingerprint density at radius 2 is 1.59 bits per heavy atom. The summed E-state index contributed by atoms with van der Waals surface area (Å²) >= 11 is 0. The van der Waals surface area contributed by atoms with Crippen LogP contribution in [0.1, 0.15) is 27.2 Å². The van der Waals surface area contributed by atoms with Gasteiger partial charge in [0, 0.05) is 0 Å². The van der Waals surface area contributed by atoms with Gasteiger partial charge >= 0.3 is 0 Å². The third kappa shape index (κ3) is 5.25. The molecule has 1 atom stereocenters. The van der Waals surface area contributed by atoms with Crippen molar-refractivity contribution in [1.82, 2.24) is 0 Å². The molecule has 0 heterocycles. The first-order valence-corrected chi connectivity index (χ1v) is 8.08. The molecule has 0 aliphatic carbocycles. The van der Waals surface area contributed by atoms with E-state index in [-0.39, 0.29) is 32.0 Å². The van der Waals surface area contributed by atoms with Crippen LogP contribution in [0.15, 0.2) is 30.3 Å². The molecule has 0 fully saturated rings. The highest BCUT2D eigenvalue weighted by molar-refractivity contribution is 8.93. The molecule has 4 heteroatoms. The highest BCUT2D eigenvalue weighted by Crippen LogP contribution is 2.64. The predicted molar refractivity (Wildman–Crippen MR) is 91.6 cm³/mol. The van der Waals surface area contributed by atoms with E-state index in [2.05, 4.69) is 34.1 Å². The first-order valence-electron chi connectivity index (χ1n) is 5.48. The van der Waals surface area contributed by atoms with E-state index in [0.29, 0.717) is 0 Å². The number of hydrogen-bond acceptors (Lipinski definition) is 1. The zero-order chi connectivity index (χ0) is 11.5. The average Bonchev–Trinajstić information content (AvgIpc) is 2.18. The van der Waals surface area contributed by atoms with Crippen molar-refractivity contribution in [3.8, 4) is 5.75 Å². The third-order valence-corrected chi connectivity index (χ3v) is 7.30. The van der Waals surface area contributed by atoms with Gasteiger partial charge in [0.1, 0.15) is 5.16 Å². The van der Waals surface area contributed by atoms with Crippen molar-refractivity contribution in [3.63, 3.8) is 0 Å². The van der Waals surface area contributed by atoms with Crippen molar-refractivity contribution in [2.45, 2.75) is 32.3 Å². The maximum absolute atomic E-state index is 6.17. The summed E-state index contributed by atoms with van der Waals surface area (Å²) in [7, 11) is -1.37. The van der Waals surface area contributed by atoms with Gasteiger partial charge in [0.2, 0.25) is 0 Å². The van der Waals surface area contributed by atoms with Crippen LogP contribution in [0.2, 0.25) is 0 Å². The van der Waals surface area contributed by atoms with E-state index in [0.717, 1.165) is 12.2 Å². The van der Waals surface area contributed by atoms with Gasteiger partial charge in [-0.1, -0.05) is 25.1 Å². The number of benzene rings is 1. The molecule has 0 radical (unpaired) electrons. The Morgan fingerprint density at radius 1 is 1.12 bits per heavy atom. The van der Waals surface area contributed by atoms with Crippen molar-refractivity contribution in [3.05, 3.63) is 30.3 Å². The van der Waals surface area contributed by atoms with Crippen molar-refractivity contribution < 1.29 is 4.52 Å². The summed E-state index contributed by atoms with van der Waals surface area (Å²) in [6.45, 7) is 11.4. The molecule has 100 valence electrons. The molecule has 1 aromatic carbocycles. The van der Waals surface area contributed by atoms with Gasteiger partial charge in [-0.15, -0.1) is 17.0 Å². The van der Waals surface area contributed by atoms with Crippen molar-refractivity contribution in [1.29, 1.82) is 0 Å². The number of rotatable bonds is 4. The first kappa shape index (κ1) is 19.7. The van der Waals surface area contributed by atoms with E-state index >= 15 is 0 Å². The molecule has 0 amide bonds. The number of hydrogen-bond donors (Lipinski definition) is 0. The minimum absolute atomic E-state index is 0. The van der Waals surface area contributed by atoms with Crippen LogP contribution in [0.3, 0.4) is 0 Å². The largest absolute Gasteiger partial charge is 0.351 e. The molecule has 1 nitrogen and oxygen atoms in total. The van der Waals surface area contributed by atoms with Crippen molar-refractivity contribution in [2.75, 3.05) is 13.3 Å². The lowest BCUT2D eigenvalue weighted by atomic mass is 10.1. The molecule has 0 spiro atoms. The van der Waals surface area contributed by atoms with Gasteiger partial charge in [-0.3, -0.25) is 0 Å². The summed E-state index contributed by atoms with van der Waals surface area (Å²) in [6, 6.07) is 10.1. The normalized spacial score (nSPS) is 11.1. The van der Waals surface area contributed by atoms with E-state index in [1.165, 1.54) is 0 Å². The molecule has 0 bridgehead atoms. The van der Waals surface area contributed by atoms with Crippen LogP contribution in [0, 0.1) is 0 Å². The first-order chi connectivity index (χ1) is 6.89. The fourth-order valence-electron chi connectivity index (χ4n) is 1.25. The summed E-state index contributed by atoms with van der Waals surface area (Å²) in [5, 5.41) is 0.281. The third-order valence-electron chi connectivity index (χ3n) is 3.40. The quantitative estimate of drug-likeness (QED) is 0.695. The summed E-state index contributed by atoms with van der Waals surface area (Å²) in [5.41, 5.74) is 0. The van der Waals surface area contributed by atoms with Gasteiger partial charge < -0.3 is 4.52 Å². The predicted octanol–water partition coefficient (Wildman–Crippen LogP) is 5.08. The van der Waals surface area contributed by atoms with E-state index in [1.807, 2.05) is 30.3 Å². The average molecular weight is 340 g/mol. The second-order valence-electron chi connectivity index (χ2n) is 4.92. The lowest BCUT2D eigenvalue weighted by molar-refractivity contribution is 0.536. The standard InChI is InChI=1S/C13H22OP.BrH.H3P/c1-6-13(2,3)15(4,5)14-12-10-8-7-9-11-12;;/h7-11H,6H2,1-5H3;1H;1H3/q+1;;. The molecule has 1 unspecified atom stereocenters. The Balaban J connectivity index is 0. The van der Waals surface area contributed by atoms with Crippen LogP contribution in [-0.2, 0) is 0 Å². The molecule has 0 aliphatic heterocycles. The maximum atomic E-state index is 6.17. The van der Waals surface area contributed by atoms with E-state index in [9.17, 15) is 0 Å². The van der Waals surface area contributed by atoms with Gasteiger partial charge in [0.25, 0.3) is 0 Å². The molecule has 0 aliphatic rings. The van der Waals surface area contributed by atoms with Crippen LogP contribution in [0.25, 0.3) is 0 Å². The van der Waals surface area contributed by atoms with Crippen LogP contribution in [-0.4, -0.2) is 18.5 Å². The molecule has 0 aromatic heterocycles. The zero-order valence-corrected chi connectivity index (χ0v) is 15.6. The van der Waals surface area contributed by atoms with Gasteiger partial charge in [-0.25, -0.2) is 0 Å². The molecule has 0 N–H and O–H groups in total. The lowest BCUT2D eigenvalue weighted by Crippen LogP contribution is -2.25. The second-order valence-corrected chi connectivity index (χ2v) is 9.02. The fraction of sp³-hybridized carbons (Fsp3) is 0.538. The summed E-state index contributed by atoms with van der Waals surface area (Å²) in [5.74, 6) is 0.998. The summed E-state index contributed by atoms with van der Waals surface area (Å²) < 4.78 is 6.17. The SMILES string of the molecule is Br.CCC(C)(C)[P+](C)(C)Oc1ccccc1.P. The molecule has 0 saturated heterocycles. The Labute approximate surface area is 121 Å². The van der Waals surface area contributed by atoms with Gasteiger partial charge in [0.15, 0.2) is 13.2 Å². The maximum Gasteiger partial charge on any atom is 0.190 e. The van der Waals surface area contributed by atoms with Crippen LogP contribution in [0.4, 0.5) is 0 Å². The summed E-state index contributed by atoms with van der Waals surface area (Å²) in [6.07, 6.45) is 1.15. The van der Waals surface area contributed by atoms with Gasteiger partial charge in [0.05, 0.1) is 13.3 Å². The molecular weight excluding hydrogens is 314 g/mol. The van der Waals surface area contributed by atoms with E-state index in [4.69, 9.17) is 4.52 Å². The highest BCUT2D eigenvalue weighted by atomic mass is 79.9. The second kappa shape index (κ2) is 7.72. The van der Waals surface area contributed by atoms with Crippen LogP contribution >= 0.6 is 34.4 Å². The monoisotopic (exact) mass is 339 g/mol. The Hall–Kier alpha value is 0.360. The van der Waals surface area contributed by atoms with Crippen LogP contribution in [0.5, 0.6) is 5.75 Å². The molecular formula is C13H26BrOP2+. The van der Waals surface area contributed by atoms with Gasteiger partial charge in [-0.2, -0.15) is 9.90 Å². The van der Waals surface area contributed by atoms with E-state index < -0.39 is 7.49 Å². The molecule has 0 saturated carbocycles. The number of halogens is 1. The minimum atomic E-state index is -1.37. The van der Waals surface area contributed by atoms with Crippen molar-refractivity contribution in [2.24, 2.45) is 0 Å². The Kier molecular flexibility index (Phi) is 8.94. The zero-order valence-electron chi connectivity index (χ0n) is 11.6. The summed E-state index contributed by atoms with van der Waals surface area (Å²) in [4.78, 5) is 0. The minimum Gasteiger partial charge on any atom is -0.351 e. The highest BCUT2D eigenvalue weighted by Gasteiger charge is 2.45. The molecule has 1 rings (SSSR count). The molecule has 1 aromatic rings. The van der Waals surface area contributed by atoms with Crippen LogP contribution < -0.4 is 4.52 Å². The van der Waals surface area contributed by atoms with Gasteiger partial charge in [-0.05, 0) is 32.4 Å². The topological polar surface area (TPSA) is 9.23 Å². The van der Waals surface area contributed by atoms with Crippen molar-refractivity contribution >= 4 is 34.4 Å². The smallest absolute Gasteiger partial charge is 0.190 e. The Morgan fingerprint density at radius 3 is 2.00 bits per heavy atom. The van der Waals surface area contributed by atoms with E-state index in [1.54, 1.807) is 0 Å². The molecule has 17 heavy (non-hydrogen) atoms. The fourth-order valence-corrected chi connectivity index (χ4v) is 2.91. The number of para-hydroxylation sites is 1.